The number of carbonyl (C=O) groups is 1. The number of rotatable bonds is 2. The van der Waals surface area contributed by atoms with Gasteiger partial charge in [-0.25, -0.2) is 0 Å². The van der Waals surface area contributed by atoms with Crippen molar-refractivity contribution in [2.24, 2.45) is 23.0 Å². The molecule has 0 aromatic carbocycles. The van der Waals surface area contributed by atoms with Crippen LogP contribution in [-0.4, -0.2) is 29.9 Å². The van der Waals surface area contributed by atoms with E-state index in [0.717, 1.165) is 38.3 Å². The Balaban J connectivity index is 1.90. The Bertz CT molecular complexity index is 319. The van der Waals surface area contributed by atoms with Crippen molar-refractivity contribution in [3.8, 4) is 0 Å². The van der Waals surface area contributed by atoms with Crippen molar-refractivity contribution in [3.05, 3.63) is 0 Å². The molecule has 1 atom stereocenters. The average Bonchev–Trinajstić information content (AvgIpc) is 2.41. The molecule has 1 aliphatic heterocycles. The van der Waals surface area contributed by atoms with E-state index in [-0.39, 0.29) is 17.4 Å². The number of hydrogen-bond donors (Lipinski definition) is 1. The summed E-state index contributed by atoms with van der Waals surface area (Å²) in [5, 5.41) is 0. The van der Waals surface area contributed by atoms with E-state index in [0.29, 0.717) is 5.91 Å². The Labute approximate surface area is 117 Å². The molecule has 2 aliphatic rings. The monoisotopic (exact) mass is 266 g/mol. The standard InChI is InChI=1S/C16H30N2O/c1-4-12-5-7-13(8-6-12)15(19)18-10-9-14(17)16(2,3)11-18/h12-14H,4-11,17H2,1-3H3. The lowest BCUT2D eigenvalue weighted by Gasteiger charge is -2.44. The molecule has 2 N–H and O–H groups in total. The van der Waals surface area contributed by atoms with Crippen LogP contribution in [-0.2, 0) is 4.79 Å². The van der Waals surface area contributed by atoms with Gasteiger partial charge in [-0.1, -0.05) is 27.2 Å². The van der Waals surface area contributed by atoms with E-state index >= 15 is 0 Å². The number of nitrogens with zero attached hydrogens (tertiary/aromatic N) is 1. The van der Waals surface area contributed by atoms with Crippen molar-refractivity contribution in [2.45, 2.75) is 65.3 Å². The van der Waals surface area contributed by atoms with Gasteiger partial charge in [0.15, 0.2) is 0 Å². The fourth-order valence-corrected chi connectivity index (χ4v) is 3.64. The van der Waals surface area contributed by atoms with Gasteiger partial charge in [0.05, 0.1) is 0 Å². The maximum atomic E-state index is 12.6. The summed E-state index contributed by atoms with van der Waals surface area (Å²) >= 11 is 0. The molecule has 0 bridgehead atoms. The molecule has 1 saturated heterocycles. The molecular weight excluding hydrogens is 236 g/mol. The zero-order valence-electron chi connectivity index (χ0n) is 12.8. The second-order valence-electron chi connectivity index (χ2n) is 7.27. The van der Waals surface area contributed by atoms with Crippen LogP contribution in [0.2, 0.25) is 0 Å². The Kier molecular flexibility index (Phi) is 4.54. The van der Waals surface area contributed by atoms with E-state index in [2.05, 4.69) is 25.7 Å². The molecule has 1 saturated carbocycles. The molecule has 3 heteroatoms. The maximum absolute atomic E-state index is 12.6. The highest BCUT2D eigenvalue weighted by Gasteiger charge is 2.37. The van der Waals surface area contributed by atoms with Crippen LogP contribution in [0.15, 0.2) is 0 Å². The molecule has 110 valence electrons. The smallest absolute Gasteiger partial charge is 0.225 e. The summed E-state index contributed by atoms with van der Waals surface area (Å²) in [6, 6.07) is 0.229. The van der Waals surface area contributed by atoms with Crippen molar-refractivity contribution in [1.29, 1.82) is 0 Å². The fourth-order valence-electron chi connectivity index (χ4n) is 3.64. The number of nitrogens with two attached hydrogens (primary N) is 1. The van der Waals surface area contributed by atoms with Crippen LogP contribution in [0, 0.1) is 17.3 Å². The topological polar surface area (TPSA) is 46.3 Å². The predicted octanol–water partition coefficient (Wildman–Crippen LogP) is 2.79. The molecule has 0 aromatic rings. The number of hydrogen-bond acceptors (Lipinski definition) is 2. The molecule has 2 rings (SSSR count). The summed E-state index contributed by atoms with van der Waals surface area (Å²) < 4.78 is 0. The molecule has 1 aliphatic carbocycles. The lowest BCUT2D eigenvalue weighted by atomic mass is 9.77. The third kappa shape index (κ3) is 3.31. The molecular formula is C16H30N2O. The van der Waals surface area contributed by atoms with Crippen molar-refractivity contribution < 1.29 is 4.79 Å². The molecule has 0 aromatic heterocycles. The minimum atomic E-state index is 0.0640. The predicted molar refractivity (Wildman–Crippen MR) is 78.7 cm³/mol. The van der Waals surface area contributed by atoms with Gasteiger partial charge >= 0.3 is 0 Å². The lowest BCUT2D eigenvalue weighted by molar-refractivity contribution is -0.140. The lowest BCUT2D eigenvalue weighted by Crippen LogP contribution is -2.55. The molecule has 0 radical (unpaired) electrons. The van der Waals surface area contributed by atoms with Crippen LogP contribution in [0.4, 0.5) is 0 Å². The SMILES string of the molecule is CCC1CCC(C(=O)N2CCC(N)C(C)(C)C2)CC1. The molecule has 1 heterocycles. The van der Waals surface area contributed by atoms with E-state index in [4.69, 9.17) is 5.73 Å². The van der Waals surface area contributed by atoms with Crippen molar-refractivity contribution >= 4 is 5.91 Å². The Morgan fingerprint density at radius 2 is 1.84 bits per heavy atom. The largest absolute Gasteiger partial charge is 0.342 e. The third-order valence-corrected chi connectivity index (χ3v) is 5.40. The van der Waals surface area contributed by atoms with Crippen LogP contribution >= 0.6 is 0 Å². The second-order valence-corrected chi connectivity index (χ2v) is 7.27. The molecule has 3 nitrogen and oxygen atoms in total. The van der Waals surface area contributed by atoms with Crippen molar-refractivity contribution in [1.82, 2.24) is 4.90 Å². The van der Waals surface area contributed by atoms with Gasteiger partial charge in [0, 0.05) is 25.0 Å². The minimum absolute atomic E-state index is 0.0640. The van der Waals surface area contributed by atoms with E-state index in [1.54, 1.807) is 0 Å². The Hall–Kier alpha value is -0.570. The molecule has 0 spiro atoms. The van der Waals surface area contributed by atoms with Gasteiger partial charge in [-0.05, 0) is 43.4 Å². The van der Waals surface area contributed by atoms with Gasteiger partial charge in [-0.15, -0.1) is 0 Å². The number of carbonyl (C=O) groups excluding carboxylic acids is 1. The van der Waals surface area contributed by atoms with Gasteiger partial charge in [-0.2, -0.15) is 0 Å². The second kappa shape index (κ2) is 5.82. The maximum Gasteiger partial charge on any atom is 0.225 e. The Morgan fingerprint density at radius 3 is 2.37 bits per heavy atom. The summed E-state index contributed by atoms with van der Waals surface area (Å²) in [5.74, 6) is 1.54. The van der Waals surface area contributed by atoms with Crippen LogP contribution in [0.3, 0.4) is 0 Å². The highest BCUT2D eigenvalue weighted by molar-refractivity contribution is 5.79. The van der Waals surface area contributed by atoms with Crippen LogP contribution in [0.25, 0.3) is 0 Å². The first-order chi connectivity index (χ1) is 8.94. The van der Waals surface area contributed by atoms with Crippen LogP contribution in [0.5, 0.6) is 0 Å². The molecule has 1 amide bonds. The molecule has 2 fully saturated rings. The van der Waals surface area contributed by atoms with E-state index in [1.807, 2.05) is 0 Å². The summed E-state index contributed by atoms with van der Waals surface area (Å²) in [6.07, 6.45) is 6.89. The van der Waals surface area contributed by atoms with Gasteiger partial charge in [0.1, 0.15) is 0 Å². The minimum Gasteiger partial charge on any atom is -0.342 e. The fraction of sp³-hybridized carbons (Fsp3) is 0.938. The zero-order chi connectivity index (χ0) is 14.0. The van der Waals surface area contributed by atoms with Crippen molar-refractivity contribution in [2.75, 3.05) is 13.1 Å². The highest BCUT2D eigenvalue weighted by Crippen LogP contribution is 2.34. The van der Waals surface area contributed by atoms with Crippen LogP contribution in [0.1, 0.15) is 59.3 Å². The first kappa shape index (κ1) is 14.8. The van der Waals surface area contributed by atoms with E-state index in [9.17, 15) is 4.79 Å². The number of amides is 1. The summed E-state index contributed by atoms with van der Waals surface area (Å²) in [4.78, 5) is 14.7. The van der Waals surface area contributed by atoms with Gasteiger partial charge in [0.25, 0.3) is 0 Å². The highest BCUT2D eigenvalue weighted by atomic mass is 16.2. The van der Waals surface area contributed by atoms with Crippen molar-refractivity contribution in [3.63, 3.8) is 0 Å². The quantitative estimate of drug-likeness (QED) is 0.835. The summed E-state index contributed by atoms with van der Waals surface area (Å²) in [7, 11) is 0. The van der Waals surface area contributed by atoms with Gasteiger partial charge in [-0.3, -0.25) is 4.79 Å². The van der Waals surface area contributed by atoms with Gasteiger partial charge in [0.2, 0.25) is 5.91 Å². The third-order valence-electron chi connectivity index (χ3n) is 5.40. The number of piperidine rings is 1. The average molecular weight is 266 g/mol. The van der Waals surface area contributed by atoms with E-state index < -0.39 is 0 Å². The first-order valence-corrected chi connectivity index (χ1v) is 7.98. The molecule has 1 unspecified atom stereocenters. The normalized spacial score (nSPS) is 35.2. The number of likely N-dealkylation sites (tertiary alicyclic amines) is 1. The van der Waals surface area contributed by atoms with Gasteiger partial charge < -0.3 is 10.6 Å². The Morgan fingerprint density at radius 1 is 1.21 bits per heavy atom. The zero-order valence-corrected chi connectivity index (χ0v) is 12.8. The van der Waals surface area contributed by atoms with E-state index in [1.165, 1.54) is 19.3 Å². The summed E-state index contributed by atoms with van der Waals surface area (Å²) in [5.41, 5.74) is 6.22. The van der Waals surface area contributed by atoms with Crippen LogP contribution < -0.4 is 5.73 Å². The first-order valence-electron chi connectivity index (χ1n) is 7.98. The summed E-state index contributed by atoms with van der Waals surface area (Å²) in [6.45, 7) is 8.33. The molecule has 19 heavy (non-hydrogen) atoms.